The number of likely N-dealkylation sites (tertiary alicyclic amines) is 1. The van der Waals surface area contributed by atoms with Gasteiger partial charge in [0.1, 0.15) is 0 Å². The van der Waals surface area contributed by atoms with Gasteiger partial charge in [0.25, 0.3) is 0 Å². The fourth-order valence-electron chi connectivity index (χ4n) is 4.61. The van der Waals surface area contributed by atoms with E-state index in [-0.39, 0.29) is 12.7 Å². The molecule has 0 aromatic heterocycles. The number of urea groups is 1. The highest BCUT2D eigenvalue weighted by Gasteiger charge is 2.48. The van der Waals surface area contributed by atoms with E-state index in [0.29, 0.717) is 5.92 Å². The van der Waals surface area contributed by atoms with E-state index < -0.39 is 17.8 Å². The Hall–Kier alpha value is -2.21. The molecule has 1 aliphatic carbocycles. The topological polar surface area (TPSA) is 60.9 Å². The first-order valence-electron chi connectivity index (χ1n) is 10.1. The predicted octanol–water partition coefficient (Wildman–Crippen LogP) is 2.63. The molecule has 0 bridgehead atoms. The Balaban J connectivity index is 1.31. The fourth-order valence-corrected chi connectivity index (χ4v) is 4.61. The second kappa shape index (κ2) is 7.80. The lowest BCUT2D eigenvalue weighted by Gasteiger charge is -2.33. The minimum atomic E-state index is -0.654. The molecule has 0 N–H and O–H groups in total. The van der Waals surface area contributed by atoms with Crippen molar-refractivity contribution in [3.63, 3.8) is 0 Å². The summed E-state index contributed by atoms with van der Waals surface area (Å²) in [6, 6.07) is 10.0. The Morgan fingerprint density at radius 2 is 1.52 bits per heavy atom. The van der Waals surface area contributed by atoms with Crippen molar-refractivity contribution in [2.24, 2.45) is 5.92 Å². The van der Waals surface area contributed by atoms with Crippen molar-refractivity contribution in [1.82, 2.24) is 14.7 Å². The molecule has 1 saturated carbocycles. The van der Waals surface area contributed by atoms with Crippen LogP contribution in [0.25, 0.3) is 0 Å². The maximum Gasteiger partial charge on any atom is 0.335 e. The molecule has 4 amide bonds. The molecule has 4 rings (SSSR count). The summed E-state index contributed by atoms with van der Waals surface area (Å²) in [6.45, 7) is 1.95. The summed E-state index contributed by atoms with van der Waals surface area (Å²) in [5.74, 6) is -0.658. The van der Waals surface area contributed by atoms with Gasteiger partial charge in [0.2, 0.25) is 0 Å². The van der Waals surface area contributed by atoms with Gasteiger partial charge in [-0.05, 0) is 43.6 Å². The third-order valence-electron chi connectivity index (χ3n) is 6.19. The predicted molar refractivity (Wildman–Crippen MR) is 101 cm³/mol. The highest BCUT2D eigenvalue weighted by atomic mass is 16.2. The second-order valence-electron chi connectivity index (χ2n) is 8.02. The van der Waals surface area contributed by atoms with Crippen LogP contribution in [0.4, 0.5) is 4.79 Å². The maximum absolute atomic E-state index is 12.7. The molecule has 1 aromatic carbocycles. The Bertz CT molecular complexity index is 707. The van der Waals surface area contributed by atoms with Crippen molar-refractivity contribution in [3.8, 4) is 0 Å². The van der Waals surface area contributed by atoms with Crippen LogP contribution in [0.1, 0.15) is 44.1 Å². The fraction of sp³-hybridized carbons (Fsp3) is 0.571. The summed E-state index contributed by atoms with van der Waals surface area (Å²) < 4.78 is 0. The van der Waals surface area contributed by atoms with E-state index >= 15 is 0 Å². The van der Waals surface area contributed by atoms with Crippen LogP contribution in [0, 0.1) is 5.92 Å². The summed E-state index contributed by atoms with van der Waals surface area (Å²) in [7, 11) is 0. The van der Waals surface area contributed by atoms with Crippen molar-refractivity contribution in [3.05, 3.63) is 35.9 Å². The summed E-state index contributed by atoms with van der Waals surface area (Å²) in [4.78, 5) is 41.8. The number of rotatable bonds is 5. The number of amides is 4. The van der Waals surface area contributed by atoms with Gasteiger partial charge < -0.3 is 0 Å². The monoisotopic (exact) mass is 369 g/mol. The summed E-state index contributed by atoms with van der Waals surface area (Å²) in [5, 5.41) is 0. The van der Waals surface area contributed by atoms with Gasteiger partial charge >= 0.3 is 17.8 Å². The molecule has 0 unspecified atom stereocenters. The third kappa shape index (κ3) is 3.76. The molecular formula is C21H27N3O3. The molecular weight excluding hydrogens is 342 g/mol. The number of hydrogen-bond donors (Lipinski definition) is 0. The minimum absolute atomic E-state index is 0.0874. The van der Waals surface area contributed by atoms with Crippen LogP contribution in [0.3, 0.4) is 0 Å². The largest absolute Gasteiger partial charge is 0.335 e. The molecule has 2 aliphatic heterocycles. The number of carbonyl (C=O) groups is 3. The van der Waals surface area contributed by atoms with Crippen LogP contribution >= 0.6 is 0 Å². The summed E-state index contributed by atoms with van der Waals surface area (Å²) >= 11 is 0. The molecule has 3 fully saturated rings. The van der Waals surface area contributed by atoms with Gasteiger partial charge in [-0.2, -0.15) is 0 Å². The molecule has 27 heavy (non-hydrogen) atoms. The van der Waals surface area contributed by atoms with Gasteiger partial charge in [-0.25, -0.2) is 9.69 Å². The van der Waals surface area contributed by atoms with Gasteiger partial charge in [0.15, 0.2) is 0 Å². The average Bonchev–Trinajstić information content (AvgIpc) is 3.28. The van der Waals surface area contributed by atoms with Crippen LogP contribution in [0.5, 0.6) is 0 Å². The quantitative estimate of drug-likeness (QED) is 0.591. The van der Waals surface area contributed by atoms with E-state index in [0.717, 1.165) is 62.9 Å². The molecule has 2 heterocycles. The second-order valence-corrected chi connectivity index (χ2v) is 8.02. The standard InChI is InChI=1S/C21H27N3O3/c25-19-20(26)24(18-8-4-5-9-18)21(27)23(19)15-22-12-10-17(11-13-22)14-16-6-2-1-3-7-16/h1-3,6-7,17-18H,4-5,8-15H2. The zero-order valence-electron chi connectivity index (χ0n) is 15.7. The Morgan fingerprint density at radius 1 is 0.852 bits per heavy atom. The van der Waals surface area contributed by atoms with E-state index in [1.54, 1.807) is 0 Å². The molecule has 0 radical (unpaired) electrons. The van der Waals surface area contributed by atoms with Crippen LogP contribution in [0.2, 0.25) is 0 Å². The lowest BCUT2D eigenvalue weighted by molar-refractivity contribution is -0.144. The first kappa shape index (κ1) is 18.2. The zero-order chi connectivity index (χ0) is 18.8. The Kier molecular flexibility index (Phi) is 5.25. The highest BCUT2D eigenvalue weighted by molar-refractivity contribution is 6.44. The van der Waals surface area contributed by atoms with E-state index in [9.17, 15) is 14.4 Å². The van der Waals surface area contributed by atoms with Gasteiger partial charge in [-0.1, -0.05) is 43.2 Å². The number of nitrogens with zero attached hydrogens (tertiary/aromatic N) is 3. The average molecular weight is 369 g/mol. The van der Waals surface area contributed by atoms with Gasteiger partial charge in [-0.15, -0.1) is 0 Å². The van der Waals surface area contributed by atoms with Crippen molar-refractivity contribution in [1.29, 1.82) is 0 Å². The van der Waals surface area contributed by atoms with Gasteiger partial charge in [0.05, 0.1) is 6.67 Å². The van der Waals surface area contributed by atoms with Crippen molar-refractivity contribution in [2.75, 3.05) is 19.8 Å². The molecule has 1 aromatic rings. The number of imide groups is 2. The normalized spacial score (nSPS) is 23.0. The number of piperidine rings is 1. The SMILES string of the molecule is O=C1C(=O)N(C2CCCC2)C(=O)N1CN1CCC(Cc2ccccc2)CC1. The van der Waals surface area contributed by atoms with Crippen molar-refractivity contribution in [2.45, 2.75) is 51.0 Å². The van der Waals surface area contributed by atoms with Crippen molar-refractivity contribution >= 4 is 17.8 Å². The Morgan fingerprint density at radius 3 is 2.19 bits per heavy atom. The highest BCUT2D eigenvalue weighted by Crippen LogP contribution is 2.28. The molecule has 6 nitrogen and oxygen atoms in total. The van der Waals surface area contributed by atoms with E-state index in [1.165, 1.54) is 10.5 Å². The smallest absolute Gasteiger partial charge is 0.285 e. The van der Waals surface area contributed by atoms with Gasteiger partial charge in [0, 0.05) is 19.1 Å². The van der Waals surface area contributed by atoms with Crippen LogP contribution in [-0.2, 0) is 16.0 Å². The zero-order valence-corrected chi connectivity index (χ0v) is 15.7. The van der Waals surface area contributed by atoms with E-state index in [4.69, 9.17) is 0 Å². The van der Waals surface area contributed by atoms with Gasteiger partial charge in [-0.3, -0.25) is 19.4 Å². The Labute approximate surface area is 160 Å². The molecule has 6 heteroatoms. The number of carbonyl (C=O) groups excluding carboxylic acids is 3. The van der Waals surface area contributed by atoms with E-state index in [1.807, 2.05) is 6.07 Å². The number of hydrogen-bond acceptors (Lipinski definition) is 4. The maximum atomic E-state index is 12.7. The minimum Gasteiger partial charge on any atom is -0.285 e. The van der Waals surface area contributed by atoms with Crippen molar-refractivity contribution < 1.29 is 14.4 Å². The first-order valence-corrected chi connectivity index (χ1v) is 10.1. The molecule has 3 aliphatic rings. The molecule has 2 saturated heterocycles. The molecule has 144 valence electrons. The lowest BCUT2D eigenvalue weighted by Crippen LogP contribution is -2.46. The summed E-state index contributed by atoms with van der Waals surface area (Å²) in [6.07, 6.45) is 6.85. The molecule has 0 atom stereocenters. The van der Waals surface area contributed by atoms with Crippen LogP contribution in [-0.4, -0.2) is 58.3 Å². The van der Waals surface area contributed by atoms with Crippen LogP contribution < -0.4 is 0 Å². The third-order valence-corrected chi connectivity index (χ3v) is 6.19. The van der Waals surface area contributed by atoms with E-state index in [2.05, 4.69) is 29.2 Å². The first-order chi connectivity index (χ1) is 13.1. The summed E-state index contributed by atoms with van der Waals surface area (Å²) in [5.41, 5.74) is 1.36. The number of benzene rings is 1. The molecule has 0 spiro atoms. The lowest BCUT2D eigenvalue weighted by atomic mass is 9.90. The van der Waals surface area contributed by atoms with Crippen LogP contribution in [0.15, 0.2) is 30.3 Å².